The number of allylic oxidation sites excluding steroid dienone is 2. The number of hydrogen-bond donors (Lipinski definition) is 0. The van der Waals surface area contributed by atoms with Crippen LogP contribution in [0.3, 0.4) is 0 Å². The Kier molecular flexibility index (Phi) is 14.6. The van der Waals surface area contributed by atoms with Crippen molar-refractivity contribution in [2.24, 2.45) is 0 Å². The van der Waals surface area contributed by atoms with Gasteiger partial charge in [0.1, 0.15) is 0 Å². The zero-order valence-corrected chi connectivity index (χ0v) is 56.2. The van der Waals surface area contributed by atoms with Crippen molar-refractivity contribution in [3.8, 4) is 33.4 Å². The van der Waals surface area contributed by atoms with Crippen molar-refractivity contribution in [3.63, 3.8) is 0 Å². The molecule has 72 heavy (non-hydrogen) atoms. The number of rotatable bonds is 15. The first-order valence-corrected chi connectivity index (χ1v) is 53.4. The second-order valence-corrected chi connectivity index (χ2v) is 68.9. The summed E-state index contributed by atoms with van der Waals surface area (Å²) in [6.07, 6.45) is 11.3. The van der Waals surface area contributed by atoms with E-state index in [1.54, 1.807) is 20.7 Å². The molecule has 0 spiro atoms. The Morgan fingerprint density at radius 3 is 1.26 bits per heavy atom. The van der Waals surface area contributed by atoms with E-state index in [4.69, 9.17) is 0 Å². The molecule has 0 fully saturated rings. The third-order valence-electron chi connectivity index (χ3n) is 16.9. The van der Waals surface area contributed by atoms with Crippen molar-refractivity contribution in [1.82, 2.24) is 0 Å². The van der Waals surface area contributed by atoms with E-state index in [0.29, 0.717) is 0 Å². The van der Waals surface area contributed by atoms with E-state index in [1.807, 2.05) is 0 Å². The first-order valence-electron chi connectivity index (χ1n) is 27.6. The van der Waals surface area contributed by atoms with E-state index in [0.717, 1.165) is 38.5 Å². The molecule has 0 saturated carbocycles. The van der Waals surface area contributed by atoms with Gasteiger partial charge >= 0.3 is 455 Å². The average Bonchev–Trinajstić information content (AvgIpc) is 4.02. The monoisotopic (exact) mass is 1150 g/mol. The molecule has 0 saturated heterocycles. The number of halogens is 2. The van der Waals surface area contributed by atoms with Crippen LogP contribution >= 0.6 is 17.0 Å². The van der Waals surface area contributed by atoms with Crippen molar-refractivity contribution >= 4 is 105 Å². The van der Waals surface area contributed by atoms with Gasteiger partial charge in [-0.3, -0.25) is 0 Å². The van der Waals surface area contributed by atoms with Crippen molar-refractivity contribution in [3.05, 3.63) is 148 Å². The van der Waals surface area contributed by atoms with Gasteiger partial charge in [0.15, 0.2) is 0 Å². The quantitative estimate of drug-likeness (QED) is 0.0898. The Balaban J connectivity index is 1.39. The zero-order valence-electron chi connectivity index (χ0n) is 46.8. The molecule has 1 heterocycles. The molecule has 8 heteroatoms. The molecule has 0 bridgehead atoms. The minimum absolute atomic E-state index is 0.0940. The molecule has 377 valence electrons. The number of aryl methyl sites for hydroxylation is 2. The fraction of sp³-hybridized carbons (Fsp3) is 0.375. The number of benzene rings is 6. The molecular formula is C64H83Cl2Si5Zr. The standard InChI is InChI=1S/2C26H37Si2.C12H9Si.2ClH.Zr/c2*1-9-11-20-12-13-21-14-19(10-2)15-25(21)26(20)22-16-23(27(3,4)5)18-24(17-22)28(6,7)8;1-3-7-11-9(5-1)10-6-2-4-8-12(10)13-11;;;/h2*12-18H,9-11H2,1-8H3;1-7H,13H2;2*1H;/q;;;;;+2/p-2. The van der Waals surface area contributed by atoms with E-state index < -0.39 is 58.2 Å². The summed E-state index contributed by atoms with van der Waals surface area (Å²) in [6.45, 7) is 39.7. The van der Waals surface area contributed by atoms with Crippen LogP contribution in [0, 0.1) is 0 Å². The summed E-state index contributed by atoms with van der Waals surface area (Å²) in [4.78, 5) is 0. The first kappa shape index (κ1) is 54.1. The fourth-order valence-electron chi connectivity index (χ4n) is 13.0. The zero-order chi connectivity index (χ0) is 52.1. The van der Waals surface area contributed by atoms with Gasteiger partial charge in [-0.05, 0) is 0 Å². The Hall–Kier alpha value is -2.65. The van der Waals surface area contributed by atoms with Gasteiger partial charge in [0.2, 0.25) is 0 Å². The molecule has 0 radical (unpaired) electrons. The van der Waals surface area contributed by atoms with Crippen LogP contribution in [-0.2, 0) is 29.2 Å². The van der Waals surface area contributed by atoms with E-state index in [-0.39, 0.29) is 7.25 Å². The molecule has 0 aromatic heterocycles. The van der Waals surface area contributed by atoms with Gasteiger partial charge in [0.25, 0.3) is 0 Å². The van der Waals surface area contributed by atoms with Crippen molar-refractivity contribution in [2.75, 3.05) is 0 Å². The molecule has 2 atom stereocenters. The molecule has 6 aromatic carbocycles. The maximum absolute atomic E-state index is 9.64. The van der Waals surface area contributed by atoms with Gasteiger partial charge in [-0.1, -0.05) is 0 Å². The van der Waals surface area contributed by atoms with Crippen LogP contribution < -0.4 is 34.4 Å². The molecule has 9 rings (SSSR count). The molecular weight excluding hydrogens is 1070 g/mol. The summed E-state index contributed by atoms with van der Waals surface area (Å²) in [7, 11) is 11.7. The van der Waals surface area contributed by atoms with Crippen LogP contribution in [0.2, 0.25) is 78.6 Å². The molecule has 2 aliphatic carbocycles. The van der Waals surface area contributed by atoms with Gasteiger partial charge in [-0.2, -0.15) is 0 Å². The van der Waals surface area contributed by atoms with Gasteiger partial charge in [-0.15, -0.1) is 0 Å². The van der Waals surface area contributed by atoms with E-state index >= 15 is 0 Å². The van der Waals surface area contributed by atoms with Crippen molar-refractivity contribution in [2.45, 2.75) is 152 Å². The van der Waals surface area contributed by atoms with Crippen LogP contribution in [0.15, 0.2) is 114 Å². The van der Waals surface area contributed by atoms with Gasteiger partial charge < -0.3 is 0 Å². The summed E-state index contributed by atoms with van der Waals surface area (Å²) in [5.41, 5.74) is 19.7. The second kappa shape index (κ2) is 19.4. The number of hydrogen-bond acceptors (Lipinski definition) is 0. The second-order valence-electron chi connectivity index (χ2n) is 26.1. The van der Waals surface area contributed by atoms with Crippen LogP contribution in [0.4, 0.5) is 0 Å². The van der Waals surface area contributed by atoms with Crippen LogP contribution in [0.5, 0.6) is 0 Å². The maximum atomic E-state index is 9.64. The summed E-state index contributed by atoms with van der Waals surface area (Å²) >= 11 is -5.75. The molecule has 3 aliphatic rings. The predicted molar refractivity (Wildman–Crippen MR) is 337 cm³/mol. The normalized spacial score (nSPS) is 17.6. The van der Waals surface area contributed by atoms with E-state index in [2.05, 4.69) is 222 Å². The summed E-state index contributed by atoms with van der Waals surface area (Å²) in [5.74, 6) is 0. The molecule has 0 N–H and O–H groups in total. The molecule has 0 amide bonds. The minimum atomic E-state index is -5.75. The Bertz CT molecular complexity index is 2980. The first-order chi connectivity index (χ1) is 33.7. The SMILES string of the molecule is CCCc1ccc2c(c1-c1cc([Si](C)(C)C)cc([Si](C)(C)C)c1)C=C(CC)[CH]2[Zr]([Cl])([Cl])([c]1cccc2c1[SiH2]c1ccccc1-2)[CH]1C(CC)=Cc2c1ccc(CCC)c2-c1cc([Si](C)(C)C)cc([Si](C)(C)C)c1. The van der Waals surface area contributed by atoms with Crippen molar-refractivity contribution in [1.29, 1.82) is 0 Å². The summed E-state index contributed by atoms with van der Waals surface area (Å²) in [5, 5.41) is 9.24. The van der Waals surface area contributed by atoms with E-state index in [9.17, 15) is 17.0 Å². The molecule has 2 unspecified atom stereocenters. The summed E-state index contributed by atoms with van der Waals surface area (Å²) in [6, 6.07) is 42.0. The van der Waals surface area contributed by atoms with Crippen LogP contribution in [0.25, 0.3) is 45.5 Å². The van der Waals surface area contributed by atoms with Gasteiger partial charge in [0, 0.05) is 0 Å². The number of fused-ring (bicyclic) bond motifs is 5. The molecule has 6 aromatic rings. The van der Waals surface area contributed by atoms with Gasteiger partial charge in [0.05, 0.1) is 0 Å². The average molecular weight is 1150 g/mol. The third kappa shape index (κ3) is 9.32. The molecule has 0 nitrogen and oxygen atoms in total. The van der Waals surface area contributed by atoms with Crippen LogP contribution in [-0.4, -0.2) is 41.8 Å². The predicted octanol–water partition coefficient (Wildman–Crippen LogP) is 14.9. The van der Waals surface area contributed by atoms with E-state index in [1.165, 1.54) is 91.6 Å². The fourth-order valence-corrected chi connectivity index (χ4v) is 46.2. The van der Waals surface area contributed by atoms with Gasteiger partial charge in [-0.25, -0.2) is 0 Å². The van der Waals surface area contributed by atoms with Crippen molar-refractivity contribution < 1.29 is 16.4 Å². The van der Waals surface area contributed by atoms with Crippen LogP contribution in [0.1, 0.15) is 94.0 Å². The summed E-state index contributed by atoms with van der Waals surface area (Å²) < 4.78 is 1.14. The topological polar surface area (TPSA) is 0 Å². The Labute approximate surface area is 450 Å². The Morgan fingerprint density at radius 2 is 0.875 bits per heavy atom. The Morgan fingerprint density at radius 1 is 0.472 bits per heavy atom. The third-order valence-corrected chi connectivity index (χ3v) is 47.8. The molecule has 1 aliphatic heterocycles.